The van der Waals surface area contributed by atoms with E-state index in [1.807, 2.05) is 6.07 Å². The number of hydrogen-bond acceptors (Lipinski definition) is 2. The van der Waals surface area contributed by atoms with Gasteiger partial charge in [-0.2, -0.15) is 0 Å². The van der Waals surface area contributed by atoms with Crippen molar-refractivity contribution >= 4 is 37.5 Å². The van der Waals surface area contributed by atoms with Gasteiger partial charge in [0.25, 0.3) is 0 Å². The minimum atomic E-state index is 0.785. The number of rotatable bonds is 6. The lowest BCUT2D eigenvalue weighted by Crippen LogP contribution is -2.23. The average molecular weight is 460 g/mol. The molecule has 2 N–H and O–H groups in total. The highest BCUT2D eigenvalue weighted by molar-refractivity contribution is 9.11. The molecule has 25 heavy (non-hydrogen) atoms. The first-order valence-corrected chi connectivity index (χ1v) is 9.74. The summed E-state index contributed by atoms with van der Waals surface area (Å²) in [5.74, 6) is 0. The molecule has 0 radical (unpaired) electrons. The van der Waals surface area contributed by atoms with E-state index in [2.05, 4.69) is 103 Å². The first kappa shape index (κ1) is 18.2. The van der Waals surface area contributed by atoms with Crippen molar-refractivity contribution in [1.29, 1.82) is 0 Å². The predicted octanol–water partition coefficient (Wildman–Crippen LogP) is 6.00. The van der Waals surface area contributed by atoms with Crippen LogP contribution in [0.1, 0.15) is 16.7 Å². The maximum absolute atomic E-state index is 6.29. The summed E-state index contributed by atoms with van der Waals surface area (Å²) in [5.41, 5.74) is 10.8. The fourth-order valence-corrected chi connectivity index (χ4v) is 4.17. The molecule has 0 fully saturated rings. The lowest BCUT2D eigenvalue weighted by Gasteiger charge is -2.24. The number of anilines is 1. The van der Waals surface area contributed by atoms with Crippen molar-refractivity contribution in [3.8, 4) is 0 Å². The fourth-order valence-electron chi connectivity index (χ4n) is 2.86. The maximum atomic E-state index is 6.29. The monoisotopic (exact) mass is 458 g/mol. The second-order valence-electron chi connectivity index (χ2n) is 6.08. The third-order valence-corrected chi connectivity index (χ3v) is 5.19. The van der Waals surface area contributed by atoms with E-state index in [1.54, 1.807) is 0 Å². The van der Waals surface area contributed by atoms with E-state index in [1.165, 1.54) is 11.1 Å². The molecule has 0 aliphatic carbocycles. The van der Waals surface area contributed by atoms with Crippen molar-refractivity contribution in [3.05, 3.63) is 98.4 Å². The summed E-state index contributed by atoms with van der Waals surface area (Å²) in [5, 5.41) is 0. The van der Waals surface area contributed by atoms with Crippen LogP contribution in [0.3, 0.4) is 0 Å². The van der Waals surface area contributed by atoms with Gasteiger partial charge in [0, 0.05) is 28.6 Å². The summed E-state index contributed by atoms with van der Waals surface area (Å²) >= 11 is 7.11. The molecule has 0 unspecified atom stereocenters. The summed E-state index contributed by atoms with van der Waals surface area (Å²) in [6.45, 7) is 2.53. The molecule has 3 aromatic carbocycles. The van der Waals surface area contributed by atoms with Crippen molar-refractivity contribution in [2.24, 2.45) is 0 Å². The van der Waals surface area contributed by atoms with Gasteiger partial charge < -0.3 is 5.73 Å². The Morgan fingerprint density at radius 1 is 0.720 bits per heavy atom. The minimum absolute atomic E-state index is 0.785. The number of halogens is 2. The van der Waals surface area contributed by atoms with Crippen LogP contribution in [-0.4, -0.2) is 4.90 Å². The molecule has 0 aliphatic rings. The van der Waals surface area contributed by atoms with Crippen molar-refractivity contribution < 1.29 is 0 Å². The quantitative estimate of drug-likeness (QED) is 0.458. The zero-order valence-electron chi connectivity index (χ0n) is 13.8. The number of nitrogens with zero attached hydrogens (tertiary/aromatic N) is 1. The van der Waals surface area contributed by atoms with E-state index in [-0.39, 0.29) is 0 Å². The van der Waals surface area contributed by atoms with Gasteiger partial charge in [-0.15, -0.1) is 0 Å². The summed E-state index contributed by atoms with van der Waals surface area (Å²) in [7, 11) is 0. The molecule has 2 nitrogen and oxygen atoms in total. The largest absolute Gasteiger partial charge is 0.398 e. The molecule has 0 aliphatic heterocycles. The van der Waals surface area contributed by atoms with Gasteiger partial charge in [-0.25, -0.2) is 0 Å². The fraction of sp³-hybridized carbons (Fsp3) is 0.143. The Labute approximate surface area is 165 Å². The topological polar surface area (TPSA) is 29.3 Å². The number of hydrogen-bond donors (Lipinski definition) is 1. The Morgan fingerprint density at radius 2 is 1.24 bits per heavy atom. The SMILES string of the molecule is Nc1c(Br)cc(Br)cc1CN(Cc1ccccc1)Cc1ccccc1. The van der Waals surface area contributed by atoms with Crippen LogP contribution in [-0.2, 0) is 19.6 Å². The number of benzene rings is 3. The molecular formula is C21H20Br2N2. The van der Waals surface area contributed by atoms with Crippen LogP contribution in [0.2, 0.25) is 0 Å². The van der Waals surface area contributed by atoms with Crippen molar-refractivity contribution in [2.75, 3.05) is 5.73 Å². The van der Waals surface area contributed by atoms with Crippen molar-refractivity contribution in [3.63, 3.8) is 0 Å². The Bertz CT molecular complexity index is 779. The number of nitrogens with two attached hydrogens (primary N) is 1. The zero-order valence-corrected chi connectivity index (χ0v) is 17.0. The van der Waals surface area contributed by atoms with E-state index in [4.69, 9.17) is 5.73 Å². The third-order valence-electron chi connectivity index (χ3n) is 4.07. The van der Waals surface area contributed by atoms with E-state index in [9.17, 15) is 0 Å². The van der Waals surface area contributed by atoms with Crippen LogP contribution in [0.5, 0.6) is 0 Å². The highest BCUT2D eigenvalue weighted by Crippen LogP contribution is 2.29. The molecule has 0 heterocycles. The van der Waals surface area contributed by atoms with Gasteiger partial charge in [-0.05, 0) is 44.8 Å². The standard InChI is InChI=1S/C21H20Br2N2/c22-19-11-18(21(24)20(23)12-19)15-25(13-16-7-3-1-4-8-16)14-17-9-5-2-6-10-17/h1-12H,13-15,24H2. The van der Waals surface area contributed by atoms with Crippen LogP contribution in [0.15, 0.2) is 81.7 Å². The van der Waals surface area contributed by atoms with Gasteiger partial charge in [0.1, 0.15) is 0 Å². The third kappa shape index (κ3) is 5.18. The van der Waals surface area contributed by atoms with Gasteiger partial charge in [-0.3, -0.25) is 4.90 Å². The van der Waals surface area contributed by atoms with Gasteiger partial charge in [0.05, 0.1) is 5.69 Å². The molecule has 3 aromatic rings. The molecule has 0 aromatic heterocycles. The Hall–Kier alpha value is -1.62. The Morgan fingerprint density at radius 3 is 1.76 bits per heavy atom. The van der Waals surface area contributed by atoms with E-state index >= 15 is 0 Å². The van der Waals surface area contributed by atoms with Gasteiger partial charge in [0.2, 0.25) is 0 Å². The highest BCUT2D eigenvalue weighted by Gasteiger charge is 2.12. The first-order chi connectivity index (χ1) is 12.1. The summed E-state index contributed by atoms with van der Waals surface area (Å²) in [4.78, 5) is 2.41. The van der Waals surface area contributed by atoms with E-state index < -0.39 is 0 Å². The van der Waals surface area contributed by atoms with Gasteiger partial charge in [-0.1, -0.05) is 76.6 Å². The van der Waals surface area contributed by atoms with Crippen LogP contribution >= 0.6 is 31.9 Å². The average Bonchev–Trinajstić information content (AvgIpc) is 2.61. The smallest absolute Gasteiger partial charge is 0.0504 e. The summed E-state index contributed by atoms with van der Waals surface area (Å²) in [6, 6.07) is 25.2. The molecule has 0 saturated heterocycles. The van der Waals surface area contributed by atoms with Crippen LogP contribution in [0.4, 0.5) is 5.69 Å². The number of nitrogen functional groups attached to an aromatic ring is 1. The lowest BCUT2D eigenvalue weighted by atomic mass is 10.1. The zero-order chi connectivity index (χ0) is 17.6. The molecule has 0 atom stereocenters. The van der Waals surface area contributed by atoms with Crippen molar-refractivity contribution in [2.45, 2.75) is 19.6 Å². The summed E-state index contributed by atoms with van der Waals surface area (Å²) < 4.78 is 1.96. The molecule has 128 valence electrons. The lowest BCUT2D eigenvalue weighted by molar-refractivity contribution is 0.248. The maximum Gasteiger partial charge on any atom is 0.0504 e. The minimum Gasteiger partial charge on any atom is -0.398 e. The van der Waals surface area contributed by atoms with Gasteiger partial charge >= 0.3 is 0 Å². The molecule has 0 saturated carbocycles. The van der Waals surface area contributed by atoms with Crippen molar-refractivity contribution in [1.82, 2.24) is 4.90 Å². The first-order valence-electron chi connectivity index (χ1n) is 8.15. The van der Waals surface area contributed by atoms with Crippen LogP contribution in [0.25, 0.3) is 0 Å². The molecule has 0 amide bonds. The molecule has 0 bridgehead atoms. The van der Waals surface area contributed by atoms with E-state index in [0.29, 0.717) is 0 Å². The molecule has 4 heteroatoms. The molecule has 3 rings (SSSR count). The van der Waals surface area contributed by atoms with Gasteiger partial charge in [0.15, 0.2) is 0 Å². The second-order valence-corrected chi connectivity index (χ2v) is 7.85. The predicted molar refractivity (Wildman–Crippen MR) is 112 cm³/mol. The van der Waals surface area contributed by atoms with Crippen LogP contribution < -0.4 is 5.73 Å². The Kier molecular flexibility index (Phi) is 6.29. The highest BCUT2D eigenvalue weighted by atomic mass is 79.9. The normalized spacial score (nSPS) is 11.0. The second kappa shape index (κ2) is 8.65. The Balaban J connectivity index is 1.85. The van der Waals surface area contributed by atoms with Crippen LogP contribution in [0, 0.1) is 0 Å². The summed E-state index contributed by atoms with van der Waals surface area (Å²) in [6.07, 6.45) is 0. The molecule has 0 spiro atoms. The van der Waals surface area contributed by atoms with E-state index in [0.717, 1.165) is 39.8 Å². The molecular weight excluding hydrogens is 440 g/mol.